The Morgan fingerprint density at radius 1 is 1.41 bits per heavy atom. The summed E-state index contributed by atoms with van der Waals surface area (Å²) in [6, 6.07) is 6.97. The minimum absolute atomic E-state index is 0.0124. The molecular formula is C15H21NO4S2. The van der Waals surface area contributed by atoms with E-state index < -0.39 is 10.0 Å². The van der Waals surface area contributed by atoms with Crippen molar-refractivity contribution in [2.75, 3.05) is 39.2 Å². The first-order valence-corrected chi connectivity index (χ1v) is 10.0. The number of aliphatic hydroxyl groups excluding tert-OH is 1. The lowest BCUT2D eigenvalue weighted by Gasteiger charge is -2.36. The molecule has 2 atom stereocenters. The van der Waals surface area contributed by atoms with Crippen molar-refractivity contribution >= 4 is 21.8 Å². The minimum Gasteiger partial charge on any atom is -0.396 e. The number of nitrogens with zero attached hydrogens (tertiary/aromatic N) is 1. The Bertz CT molecular complexity index is 631. The molecule has 122 valence electrons. The molecule has 22 heavy (non-hydrogen) atoms. The molecule has 1 aromatic carbocycles. The lowest BCUT2D eigenvalue weighted by molar-refractivity contribution is -0.0414. The predicted molar refractivity (Wildman–Crippen MR) is 85.4 cm³/mol. The normalized spacial score (nSPS) is 29.5. The fraction of sp³-hybridized carbons (Fsp3) is 0.600. The number of thioether (sulfide) groups is 1. The second-order valence-corrected chi connectivity index (χ2v) is 8.83. The van der Waals surface area contributed by atoms with Crippen LogP contribution in [0.5, 0.6) is 0 Å². The second-order valence-electron chi connectivity index (χ2n) is 6.02. The maximum absolute atomic E-state index is 12.8. The summed E-state index contributed by atoms with van der Waals surface area (Å²) in [4.78, 5) is 1.35. The SMILES string of the molecule is CSc1ccc(S(=O)(=O)N2C[C@@H]3COCC[C@]3(CO)C2)cc1. The molecule has 0 aliphatic carbocycles. The fourth-order valence-corrected chi connectivity index (χ4v) is 5.33. The van der Waals surface area contributed by atoms with E-state index in [1.165, 1.54) is 4.31 Å². The Kier molecular flexibility index (Phi) is 4.53. The summed E-state index contributed by atoms with van der Waals surface area (Å²) in [5.74, 6) is 0.0755. The molecule has 2 aliphatic rings. The van der Waals surface area contributed by atoms with E-state index in [1.807, 2.05) is 18.4 Å². The molecule has 0 aromatic heterocycles. The van der Waals surface area contributed by atoms with Gasteiger partial charge in [0, 0.05) is 35.9 Å². The van der Waals surface area contributed by atoms with Gasteiger partial charge >= 0.3 is 0 Å². The second kappa shape index (κ2) is 6.13. The number of fused-ring (bicyclic) bond motifs is 1. The maximum atomic E-state index is 12.8. The van der Waals surface area contributed by atoms with Gasteiger partial charge in [-0.15, -0.1) is 11.8 Å². The van der Waals surface area contributed by atoms with Crippen LogP contribution in [-0.2, 0) is 14.8 Å². The molecule has 3 rings (SSSR count). The Labute approximate surface area is 135 Å². The zero-order chi connectivity index (χ0) is 15.8. The van der Waals surface area contributed by atoms with Crippen LogP contribution in [-0.4, -0.2) is 57.0 Å². The zero-order valence-electron chi connectivity index (χ0n) is 12.6. The smallest absolute Gasteiger partial charge is 0.243 e. The van der Waals surface area contributed by atoms with E-state index in [0.29, 0.717) is 37.6 Å². The highest BCUT2D eigenvalue weighted by molar-refractivity contribution is 7.98. The molecule has 0 saturated carbocycles. The van der Waals surface area contributed by atoms with Crippen LogP contribution in [0.1, 0.15) is 6.42 Å². The molecule has 0 spiro atoms. The van der Waals surface area contributed by atoms with Crippen LogP contribution in [0.4, 0.5) is 0 Å². The molecule has 2 fully saturated rings. The Morgan fingerprint density at radius 2 is 2.14 bits per heavy atom. The Hall–Kier alpha value is -0.600. The van der Waals surface area contributed by atoms with E-state index in [0.717, 1.165) is 4.90 Å². The summed E-state index contributed by atoms with van der Waals surface area (Å²) < 4.78 is 32.6. The van der Waals surface area contributed by atoms with Gasteiger partial charge in [-0.1, -0.05) is 0 Å². The number of aliphatic hydroxyl groups is 1. The molecule has 2 aliphatic heterocycles. The average Bonchev–Trinajstić information content (AvgIpc) is 2.96. The summed E-state index contributed by atoms with van der Waals surface area (Å²) in [7, 11) is -3.51. The number of rotatable bonds is 4. The highest BCUT2D eigenvalue weighted by Gasteiger charge is 2.51. The largest absolute Gasteiger partial charge is 0.396 e. The Morgan fingerprint density at radius 3 is 2.73 bits per heavy atom. The number of hydrogen-bond donors (Lipinski definition) is 1. The summed E-state index contributed by atoms with van der Waals surface area (Å²) in [6.07, 6.45) is 2.67. The number of benzene rings is 1. The monoisotopic (exact) mass is 343 g/mol. The van der Waals surface area contributed by atoms with Crippen molar-refractivity contribution in [2.24, 2.45) is 11.3 Å². The molecule has 0 unspecified atom stereocenters. The third-order valence-electron chi connectivity index (χ3n) is 4.86. The average molecular weight is 343 g/mol. The van der Waals surface area contributed by atoms with E-state index in [1.54, 1.807) is 23.9 Å². The maximum Gasteiger partial charge on any atom is 0.243 e. The number of sulfonamides is 1. The number of hydrogen-bond acceptors (Lipinski definition) is 5. The van der Waals surface area contributed by atoms with Gasteiger partial charge in [0.25, 0.3) is 0 Å². The van der Waals surface area contributed by atoms with E-state index in [-0.39, 0.29) is 17.9 Å². The van der Waals surface area contributed by atoms with Crippen molar-refractivity contribution in [3.8, 4) is 0 Å². The van der Waals surface area contributed by atoms with Crippen LogP contribution in [0.15, 0.2) is 34.1 Å². The van der Waals surface area contributed by atoms with E-state index in [2.05, 4.69) is 0 Å². The molecule has 2 saturated heterocycles. The quantitative estimate of drug-likeness (QED) is 0.838. The van der Waals surface area contributed by atoms with Crippen molar-refractivity contribution in [3.63, 3.8) is 0 Å². The van der Waals surface area contributed by atoms with Gasteiger partial charge in [-0.2, -0.15) is 4.31 Å². The summed E-state index contributed by atoms with van der Waals surface area (Å²) in [5.41, 5.74) is -0.343. The third-order valence-corrected chi connectivity index (χ3v) is 7.43. The topological polar surface area (TPSA) is 66.8 Å². The fourth-order valence-electron chi connectivity index (χ4n) is 3.34. The molecule has 1 aromatic rings. The molecule has 5 nitrogen and oxygen atoms in total. The molecule has 0 bridgehead atoms. The minimum atomic E-state index is -3.51. The van der Waals surface area contributed by atoms with Gasteiger partial charge in [0.15, 0.2) is 0 Å². The lowest BCUT2D eigenvalue weighted by atomic mass is 9.75. The van der Waals surface area contributed by atoms with Gasteiger partial charge in [-0.05, 0) is 36.9 Å². The highest BCUT2D eigenvalue weighted by atomic mass is 32.2. The van der Waals surface area contributed by atoms with Crippen molar-refractivity contribution in [3.05, 3.63) is 24.3 Å². The van der Waals surface area contributed by atoms with Crippen molar-refractivity contribution in [2.45, 2.75) is 16.2 Å². The van der Waals surface area contributed by atoms with Gasteiger partial charge in [-0.3, -0.25) is 0 Å². The summed E-state index contributed by atoms with van der Waals surface area (Å²) >= 11 is 1.58. The van der Waals surface area contributed by atoms with Crippen LogP contribution in [0.25, 0.3) is 0 Å². The molecule has 1 N–H and O–H groups in total. The standard InChI is InChI=1S/C15H21NO4S2/c1-21-13-2-4-14(5-3-13)22(18,19)16-8-12-9-20-7-6-15(12,10-16)11-17/h2-5,12,17H,6-11H2,1H3/t12-,15-/m1/s1. The Balaban J connectivity index is 1.86. The first kappa shape index (κ1) is 16.3. The molecule has 0 amide bonds. The van der Waals surface area contributed by atoms with Crippen LogP contribution >= 0.6 is 11.8 Å². The summed E-state index contributed by atoms with van der Waals surface area (Å²) in [6.45, 7) is 1.93. The zero-order valence-corrected chi connectivity index (χ0v) is 14.2. The first-order chi connectivity index (χ1) is 10.5. The van der Waals surface area contributed by atoms with Gasteiger partial charge in [0.2, 0.25) is 10.0 Å². The van der Waals surface area contributed by atoms with Crippen LogP contribution < -0.4 is 0 Å². The number of ether oxygens (including phenoxy) is 1. The molecule has 7 heteroatoms. The first-order valence-electron chi connectivity index (χ1n) is 7.35. The third kappa shape index (κ3) is 2.69. The molecule has 0 radical (unpaired) electrons. The van der Waals surface area contributed by atoms with Crippen LogP contribution in [0, 0.1) is 11.3 Å². The van der Waals surface area contributed by atoms with Crippen molar-refractivity contribution in [1.82, 2.24) is 4.31 Å². The molecule has 2 heterocycles. The molecular weight excluding hydrogens is 322 g/mol. The van der Waals surface area contributed by atoms with Gasteiger partial charge in [0.05, 0.1) is 18.1 Å². The van der Waals surface area contributed by atoms with Crippen LogP contribution in [0.3, 0.4) is 0 Å². The van der Waals surface area contributed by atoms with Crippen LogP contribution in [0.2, 0.25) is 0 Å². The predicted octanol–water partition coefficient (Wildman–Crippen LogP) is 1.43. The van der Waals surface area contributed by atoms with Gasteiger partial charge in [0.1, 0.15) is 0 Å². The van der Waals surface area contributed by atoms with E-state index in [4.69, 9.17) is 4.74 Å². The van der Waals surface area contributed by atoms with Gasteiger partial charge in [-0.25, -0.2) is 8.42 Å². The van der Waals surface area contributed by atoms with E-state index in [9.17, 15) is 13.5 Å². The summed E-state index contributed by atoms with van der Waals surface area (Å²) in [5, 5.41) is 9.79. The van der Waals surface area contributed by atoms with E-state index >= 15 is 0 Å². The van der Waals surface area contributed by atoms with Crippen molar-refractivity contribution in [1.29, 1.82) is 0 Å². The van der Waals surface area contributed by atoms with Crippen molar-refractivity contribution < 1.29 is 18.3 Å². The van der Waals surface area contributed by atoms with Gasteiger partial charge < -0.3 is 9.84 Å². The highest BCUT2D eigenvalue weighted by Crippen LogP contribution is 2.43. The lowest BCUT2D eigenvalue weighted by Crippen LogP contribution is -2.41.